The zero-order chi connectivity index (χ0) is 22.7. The largest absolute Gasteiger partial charge is 0.492 e. The van der Waals surface area contributed by atoms with E-state index >= 15 is 0 Å². The lowest BCUT2D eigenvalue weighted by Crippen LogP contribution is -2.50. The van der Waals surface area contributed by atoms with E-state index in [4.69, 9.17) is 9.57 Å². The lowest BCUT2D eigenvalue weighted by Gasteiger charge is -2.35. The summed E-state index contributed by atoms with van der Waals surface area (Å²) in [6, 6.07) is 9.28. The Balaban J connectivity index is 1.35. The molecule has 174 valence electrons. The Morgan fingerprint density at radius 3 is 2.28 bits per heavy atom. The topological polar surface area (TPSA) is 90.6 Å². The summed E-state index contributed by atoms with van der Waals surface area (Å²) in [5, 5.41) is 19.3. The van der Waals surface area contributed by atoms with Crippen LogP contribution in [-0.4, -0.2) is 83.3 Å². The second-order valence-electron chi connectivity index (χ2n) is 8.60. The van der Waals surface area contributed by atoms with E-state index in [1.807, 2.05) is 0 Å². The van der Waals surface area contributed by atoms with Gasteiger partial charge in [0.2, 0.25) is 11.8 Å². The summed E-state index contributed by atoms with van der Waals surface area (Å²) < 4.78 is 6.20. The summed E-state index contributed by atoms with van der Waals surface area (Å²) in [7, 11) is 0. The van der Waals surface area contributed by atoms with E-state index in [2.05, 4.69) is 41.8 Å². The Bertz CT molecular complexity index is 911. The Kier molecular flexibility index (Phi) is 6.76. The lowest BCUT2D eigenvalue weighted by atomic mass is 9.95. The molecule has 2 aliphatic rings. The van der Waals surface area contributed by atoms with Crippen molar-refractivity contribution in [1.29, 1.82) is 0 Å². The minimum atomic E-state index is -0.593. The molecule has 0 radical (unpaired) electrons. The van der Waals surface area contributed by atoms with Gasteiger partial charge in [-0.2, -0.15) is 0 Å². The van der Waals surface area contributed by atoms with Crippen molar-refractivity contribution in [2.24, 2.45) is 0 Å². The maximum atomic E-state index is 12.4. The van der Waals surface area contributed by atoms with E-state index in [1.54, 1.807) is 4.90 Å². The van der Waals surface area contributed by atoms with Crippen molar-refractivity contribution in [1.82, 2.24) is 14.5 Å². The molecule has 0 atom stereocenters. The molecule has 0 unspecified atom stereocenters. The fourth-order valence-corrected chi connectivity index (χ4v) is 4.24. The van der Waals surface area contributed by atoms with Gasteiger partial charge in [0.05, 0.1) is 13.2 Å². The number of amides is 1. The van der Waals surface area contributed by atoms with Crippen LogP contribution in [0.15, 0.2) is 30.3 Å². The van der Waals surface area contributed by atoms with E-state index < -0.39 is 6.09 Å². The van der Waals surface area contributed by atoms with E-state index in [0.717, 1.165) is 50.7 Å². The molecule has 3 heterocycles. The zero-order valence-corrected chi connectivity index (χ0v) is 18.7. The number of piperazine rings is 1. The van der Waals surface area contributed by atoms with Crippen LogP contribution in [0.4, 0.5) is 10.5 Å². The predicted octanol–water partition coefficient (Wildman–Crippen LogP) is 2.23. The predicted molar refractivity (Wildman–Crippen MR) is 120 cm³/mol. The van der Waals surface area contributed by atoms with Crippen LogP contribution >= 0.6 is 0 Å². The highest BCUT2D eigenvalue weighted by Gasteiger charge is 2.25. The monoisotopic (exact) mass is 444 g/mol. The van der Waals surface area contributed by atoms with E-state index in [1.165, 1.54) is 28.9 Å². The van der Waals surface area contributed by atoms with Gasteiger partial charge in [-0.25, -0.2) is 4.79 Å². The first-order valence-electron chi connectivity index (χ1n) is 11.2. The van der Waals surface area contributed by atoms with Crippen LogP contribution in [0.3, 0.4) is 0 Å². The molecule has 2 N–H and O–H groups in total. The van der Waals surface area contributed by atoms with Gasteiger partial charge in [0.1, 0.15) is 0 Å². The molecule has 0 saturated carbocycles. The second kappa shape index (κ2) is 9.70. The smallest absolute Gasteiger partial charge is 0.434 e. The van der Waals surface area contributed by atoms with Crippen LogP contribution < -0.4 is 9.74 Å². The van der Waals surface area contributed by atoms with Crippen molar-refractivity contribution in [3.63, 3.8) is 0 Å². The third-order valence-electron chi connectivity index (χ3n) is 6.12. The van der Waals surface area contributed by atoms with Gasteiger partial charge in [-0.3, -0.25) is 4.90 Å². The van der Waals surface area contributed by atoms with Crippen LogP contribution in [0.25, 0.3) is 0 Å². The number of carbonyl (C=O) groups excluding carboxylic acids is 1. The highest BCUT2D eigenvalue weighted by molar-refractivity contribution is 5.68. The molecule has 0 spiro atoms. The maximum absolute atomic E-state index is 12.4. The number of hydrogen-bond donors (Lipinski definition) is 2. The fourth-order valence-electron chi connectivity index (χ4n) is 4.24. The molecule has 2 fully saturated rings. The number of carbonyl (C=O) groups is 1. The first-order chi connectivity index (χ1) is 15.4. The minimum absolute atomic E-state index is 0.323. The van der Waals surface area contributed by atoms with Gasteiger partial charge in [-0.15, -0.1) is 4.73 Å². The minimum Gasteiger partial charge on any atom is -0.492 e. The SMILES string of the molecule is CC(C)c1cc(N2CCOCC2)ccc1CN1CCN(C(=O)On2c(O)ccc2O)CC1. The second-order valence-corrected chi connectivity index (χ2v) is 8.60. The average molecular weight is 445 g/mol. The van der Waals surface area contributed by atoms with Crippen LogP contribution in [0.2, 0.25) is 0 Å². The number of nitrogens with zero attached hydrogens (tertiary/aromatic N) is 4. The third-order valence-corrected chi connectivity index (χ3v) is 6.12. The highest BCUT2D eigenvalue weighted by atomic mass is 16.7. The fraction of sp³-hybridized carbons (Fsp3) is 0.522. The molecule has 0 aliphatic carbocycles. The van der Waals surface area contributed by atoms with Gasteiger partial charge in [0, 0.05) is 63.6 Å². The quantitative estimate of drug-likeness (QED) is 0.731. The van der Waals surface area contributed by atoms with E-state index in [-0.39, 0.29) is 11.8 Å². The van der Waals surface area contributed by atoms with E-state index in [9.17, 15) is 15.0 Å². The zero-order valence-electron chi connectivity index (χ0n) is 18.7. The number of anilines is 1. The van der Waals surface area contributed by atoms with Crippen LogP contribution in [0, 0.1) is 0 Å². The standard InChI is InChI=1S/C23H32N4O5/c1-17(2)20-15-19(25-11-13-31-14-12-25)4-3-18(20)16-24-7-9-26(10-8-24)23(30)32-27-21(28)5-6-22(27)29/h3-6,15,17,28-29H,7-14,16H2,1-2H3. The molecular formula is C23H32N4O5. The van der Waals surface area contributed by atoms with Crippen molar-refractivity contribution >= 4 is 11.8 Å². The van der Waals surface area contributed by atoms with Gasteiger partial charge < -0.3 is 29.6 Å². The van der Waals surface area contributed by atoms with Crippen molar-refractivity contribution in [2.45, 2.75) is 26.3 Å². The molecule has 2 saturated heterocycles. The molecule has 4 rings (SSSR count). The summed E-state index contributed by atoms with van der Waals surface area (Å²) in [6.07, 6.45) is -0.593. The molecule has 1 aromatic heterocycles. The van der Waals surface area contributed by atoms with Crippen molar-refractivity contribution in [3.05, 3.63) is 41.5 Å². The number of benzene rings is 1. The van der Waals surface area contributed by atoms with Crippen LogP contribution in [0.5, 0.6) is 11.8 Å². The van der Waals surface area contributed by atoms with Crippen molar-refractivity contribution < 1.29 is 24.6 Å². The van der Waals surface area contributed by atoms with Crippen LogP contribution in [0.1, 0.15) is 30.9 Å². The molecule has 2 aromatic rings. The van der Waals surface area contributed by atoms with Crippen molar-refractivity contribution in [3.8, 4) is 11.8 Å². The summed E-state index contributed by atoms with van der Waals surface area (Å²) in [5.41, 5.74) is 3.93. The number of aromatic nitrogens is 1. The number of morpholine rings is 1. The third kappa shape index (κ3) is 4.94. The molecule has 32 heavy (non-hydrogen) atoms. The molecule has 0 bridgehead atoms. The average Bonchev–Trinajstić information content (AvgIpc) is 3.12. The van der Waals surface area contributed by atoms with Crippen LogP contribution in [-0.2, 0) is 11.3 Å². The Morgan fingerprint density at radius 2 is 1.66 bits per heavy atom. The summed E-state index contributed by atoms with van der Waals surface area (Å²) in [4.78, 5) is 23.8. The molecular weight excluding hydrogens is 412 g/mol. The molecule has 9 nitrogen and oxygen atoms in total. The first-order valence-corrected chi connectivity index (χ1v) is 11.2. The Labute approximate surface area is 188 Å². The first kappa shape index (κ1) is 22.3. The molecule has 1 amide bonds. The normalized spacial score (nSPS) is 17.7. The number of hydrogen-bond acceptors (Lipinski definition) is 7. The number of rotatable bonds is 5. The highest BCUT2D eigenvalue weighted by Crippen LogP contribution is 2.27. The van der Waals surface area contributed by atoms with Crippen molar-refractivity contribution in [2.75, 3.05) is 57.4 Å². The summed E-state index contributed by atoms with van der Waals surface area (Å²) in [5.74, 6) is -0.225. The van der Waals surface area contributed by atoms with Gasteiger partial charge in [-0.1, -0.05) is 19.9 Å². The Hall–Kier alpha value is -2.91. The lowest BCUT2D eigenvalue weighted by molar-refractivity contribution is 0.0555. The van der Waals surface area contributed by atoms with Gasteiger partial charge in [-0.05, 0) is 29.2 Å². The van der Waals surface area contributed by atoms with Gasteiger partial charge >= 0.3 is 6.09 Å². The number of aromatic hydroxyl groups is 2. The van der Waals surface area contributed by atoms with Gasteiger partial charge in [0.25, 0.3) is 0 Å². The maximum Gasteiger partial charge on any atom is 0.434 e. The number of ether oxygens (including phenoxy) is 1. The summed E-state index contributed by atoms with van der Waals surface area (Å²) >= 11 is 0. The molecule has 9 heteroatoms. The van der Waals surface area contributed by atoms with E-state index in [0.29, 0.717) is 19.0 Å². The summed E-state index contributed by atoms with van der Waals surface area (Å²) in [6.45, 7) is 11.2. The molecule has 2 aliphatic heterocycles. The Morgan fingerprint density at radius 1 is 1.00 bits per heavy atom. The molecule has 1 aromatic carbocycles. The van der Waals surface area contributed by atoms with Gasteiger partial charge in [0.15, 0.2) is 0 Å².